The summed E-state index contributed by atoms with van der Waals surface area (Å²) in [6, 6.07) is 14.1. The average molecular weight is 622 g/mol. The second-order valence-electron chi connectivity index (χ2n) is 12.7. The lowest BCUT2D eigenvalue weighted by Crippen LogP contribution is -2.49. The number of carbonyl (C=O) groups is 3. The number of Topliss-reactive ketones (excluding diaryl/α,β-unsaturated/α-hetero) is 1. The van der Waals surface area contributed by atoms with Crippen molar-refractivity contribution in [2.24, 2.45) is 5.41 Å². The molecule has 0 radical (unpaired) electrons. The maximum absolute atomic E-state index is 14.0. The van der Waals surface area contributed by atoms with E-state index in [0.717, 1.165) is 21.2 Å². The Hall–Kier alpha value is -4.12. The summed E-state index contributed by atoms with van der Waals surface area (Å²) >= 11 is 1.25. The van der Waals surface area contributed by atoms with E-state index in [0.29, 0.717) is 28.1 Å². The minimum Gasteiger partial charge on any atom is -0.494 e. The predicted molar refractivity (Wildman–Crippen MR) is 169 cm³/mol. The van der Waals surface area contributed by atoms with E-state index in [1.807, 2.05) is 25.1 Å². The minimum atomic E-state index is -2.07. The van der Waals surface area contributed by atoms with E-state index in [9.17, 15) is 19.2 Å². The van der Waals surface area contributed by atoms with Crippen molar-refractivity contribution >= 4 is 50.0 Å². The molecular weight excluding hydrogens is 582 g/mol. The van der Waals surface area contributed by atoms with Crippen molar-refractivity contribution in [3.63, 3.8) is 0 Å². The normalized spacial score (nSPS) is 12.3. The minimum absolute atomic E-state index is 0.188. The zero-order chi connectivity index (χ0) is 32.3. The Morgan fingerprint density at radius 1 is 0.909 bits per heavy atom. The van der Waals surface area contributed by atoms with E-state index in [1.165, 1.54) is 11.3 Å². The maximum Gasteiger partial charge on any atom is 0.324 e. The molecule has 11 heteroatoms. The highest BCUT2D eigenvalue weighted by Crippen LogP contribution is 2.38. The van der Waals surface area contributed by atoms with Crippen LogP contribution in [0.4, 0.5) is 0 Å². The van der Waals surface area contributed by atoms with Gasteiger partial charge in [0.05, 0.1) is 16.9 Å². The topological polar surface area (TPSA) is 127 Å². The van der Waals surface area contributed by atoms with E-state index in [1.54, 1.807) is 71.9 Å². The van der Waals surface area contributed by atoms with Gasteiger partial charge in [0.2, 0.25) is 0 Å². The van der Waals surface area contributed by atoms with E-state index >= 15 is 0 Å². The third-order valence-electron chi connectivity index (χ3n) is 6.66. The number of hydrogen-bond donors (Lipinski definition) is 0. The first-order valence-corrected chi connectivity index (χ1v) is 15.4. The summed E-state index contributed by atoms with van der Waals surface area (Å²) in [7, 11) is 0. The van der Waals surface area contributed by atoms with Crippen molar-refractivity contribution in [1.29, 1.82) is 0 Å². The molecule has 0 amide bonds. The van der Waals surface area contributed by atoms with Crippen LogP contribution in [0.2, 0.25) is 0 Å². The zero-order valence-electron chi connectivity index (χ0n) is 26.3. The first-order chi connectivity index (χ1) is 20.6. The summed E-state index contributed by atoms with van der Waals surface area (Å²) in [5.41, 5.74) is -4.04. The predicted octanol–water partition coefficient (Wildman–Crippen LogP) is 6.13. The van der Waals surface area contributed by atoms with Crippen LogP contribution in [0, 0.1) is 5.41 Å². The highest BCUT2D eigenvalue weighted by atomic mass is 32.1. The van der Waals surface area contributed by atoms with E-state index < -0.39 is 46.3 Å². The van der Waals surface area contributed by atoms with Crippen LogP contribution in [0.5, 0.6) is 5.75 Å². The van der Waals surface area contributed by atoms with Gasteiger partial charge in [-0.2, -0.15) is 0 Å². The SMILES string of the molecule is CCCOc1ccc2cc(C(=O)CC(CCn3nnc4ccccc4c3=O)(C(=O)OC(C)(C)C)C(=O)OC(C)(C)C)sc2c1. The molecule has 4 rings (SSSR count). The molecule has 0 bridgehead atoms. The van der Waals surface area contributed by atoms with Crippen molar-refractivity contribution in [2.45, 2.75) is 85.5 Å². The molecule has 0 spiro atoms. The monoisotopic (exact) mass is 621 g/mol. The van der Waals surface area contributed by atoms with Gasteiger partial charge in [0.15, 0.2) is 11.2 Å². The van der Waals surface area contributed by atoms with Crippen LogP contribution in [0.15, 0.2) is 53.3 Å². The smallest absolute Gasteiger partial charge is 0.324 e. The van der Waals surface area contributed by atoms with E-state index in [4.69, 9.17) is 14.2 Å². The number of carbonyl (C=O) groups excluding carboxylic acids is 3. The average Bonchev–Trinajstić information content (AvgIpc) is 3.37. The molecular formula is C33H39N3O7S. The third-order valence-corrected chi connectivity index (χ3v) is 7.80. The van der Waals surface area contributed by atoms with Crippen molar-refractivity contribution < 1.29 is 28.6 Å². The molecule has 0 saturated carbocycles. The fraction of sp³-hybridized carbons (Fsp3) is 0.455. The number of thiophene rings is 1. The molecule has 0 saturated heterocycles. The van der Waals surface area contributed by atoms with Gasteiger partial charge in [-0.05, 0) is 96.2 Å². The van der Waals surface area contributed by atoms with Gasteiger partial charge in [-0.25, -0.2) is 4.68 Å². The lowest BCUT2D eigenvalue weighted by atomic mass is 9.78. The van der Waals surface area contributed by atoms with Gasteiger partial charge in [0.25, 0.3) is 5.56 Å². The fourth-order valence-corrected chi connectivity index (χ4v) is 5.59. The summed E-state index contributed by atoms with van der Waals surface area (Å²) in [4.78, 5) is 55.5. The summed E-state index contributed by atoms with van der Waals surface area (Å²) < 4.78 is 19.2. The number of aryl methyl sites for hydroxylation is 1. The molecule has 0 aliphatic rings. The standard InChI is InChI=1S/C33H39N3O7S/c1-8-17-41-22-14-13-21-18-27(44-26(21)19-22)25(37)20-33(29(39)42-31(2,3)4,30(40)43-32(5,6)7)15-16-36-28(38)23-11-9-10-12-24(23)34-35-36/h9-14,18-19H,8,15-17,20H2,1-7H3. The summed E-state index contributed by atoms with van der Waals surface area (Å²) in [5.74, 6) is -1.56. The first-order valence-electron chi connectivity index (χ1n) is 14.6. The Kier molecular flexibility index (Phi) is 9.58. The molecule has 0 fully saturated rings. The van der Waals surface area contributed by atoms with E-state index in [2.05, 4.69) is 10.3 Å². The molecule has 0 N–H and O–H groups in total. The molecule has 2 aromatic heterocycles. The van der Waals surface area contributed by atoms with Crippen LogP contribution in [-0.4, -0.2) is 50.5 Å². The van der Waals surface area contributed by atoms with Crippen molar-refractivity contribution in [1.82, 2.24) is 15.0 Å². The molecule has 0 unspecified atom stereocenters. The van der Waals surface area contributed by atoms with Crippen LogP contribution in [0.25, 0.3) is 21.0 Å². The van der Waals surface area contributed by atoms with Crippen LogP contribution in [0.1, 0.15) is 77.4 Å². The van der Waals surface area contributed by atoms with Gasteiger partial charge in [-0.15, -0.1) is 16.4 Å². The molecule has 234 valence electrons. The van der Waals surface area contributed by atoms with Gasteiger partial charge in [0.1, 0.15) is 22.5 Å². The third kappa shape index (κ3) is 7.68. The number of rotatable bonds is 11. The highest BCUT2D eigenvalue weighted by Gasteiger charge is 2.52. The van der Waals surface area contributed by atoms with Gasteiger partial charge in [-0.3, -0.25) is 19.2 Å². The van der Waals surface area contributed by atoms with Crippen LogP contribution >= 0.6 is 11.3 Å². The van der Waals surface area contributed by atoms with Gasteiger partial charge in [0, 0.05) is 17.7 Å². The zero-order valence-corrected chi connectivity index (χ0v) is 27.1. The van der Waals surface area contributed by atoms with Crippen molar-refractivity contribution in [3.8, 4) is 5.75 Å². The Balaban J connectivity index is 1.76. The molecule has 0 aliphatic heterocycles. The number of hydrogen-bond acceptors (Lipinski definition) is 10. The van der Waals surface area contributed by atoms with Crippen LogP contribution in [-0.2, 0) is 25.6 Å². The Labute approximate surface area is 260 Å². The molecule has 10 nitrogen and oxygen atoms in total. The molecule has 2 aromatic carbocycles. The maximum atomic E-state index is 14.0. The van der Waals surface area contributed by atoms with Gasteiger partial charge in [-0.1, -0.05) is 24.3 Å². The molecule has 44 heavy (non-hydrogen) atoms. The Morgan fingerprint density at radius 2 is 1.57 bits per heavy atom. The summed E-state index contributed by atoms with van der Waals surface area (Å²) in [6.07, 6.45) is 0.0501. The van der Waals surface area contributed by atoms with Gasteiger partial charge < -0.3 is 14.2 Å². The molecule has 2 heterocycles. The van der Waals surface area contributed by atoms with E-state index in [-0.39, 0.29) is 13.0 Å². The lowest BCUT2D eigenvalue weighted by molar-refractivity contribution is -0.186. The number of fused-ring (bicyclic) bond motifs is 2. The second-order valence-corrected chi connectivity index (χ2v) is 13.8. The van der Waals surface area contributed by atoms with Crippen LogP contribution < -0.4 is 10.3 Å². The highest BCUT2D eigenvalue weighted by molar-refractivity contribution is 7.20. The van der Waals surface area contributed by atoms with Gasteiger partial charge >= 0.3 is 11.9 Å². The molecule has 0 atom stereocenters. The first kappa shape index (κ1) is 32.8. The number of esters is 2. The Morgan fingerprint density at radius 3 is 2.20 bits per heavy atom. The molecule has 4 aromatic rings. The number of benzene rings is 2. The number of nitrogens with zero attached hydrogens (tertiary/aromatic N) is 3. The summed E-state index contributed by atoms with van der Waals surface area (Å²) in [5, 5.41) is 9.32. The molecule has 0 aliphatic carbocycles. The summed E-state index contributed by atoms with van der Waals surface area (Å²) in [6.45, 7) is 12.5. The van der Waals surface area contributed by atoms with Crippen molar-refractivity contribution in [3.05, 3.63) is 63.8 Å². The van der Waals surface area contributed by atoms with Crippen molar-refractivity contribution in [2.75, 3.05) is 6.61 Å². The fourth-order valence-electron chi connectivity index (χ4n) is 4.56. The number of ketones is 1. The van der Waals surface area contributed by atoms with Crippen LogP contribution in [0.3, 0.4) is 0 Å². The largest absolute Gasteiger partial charge is 0.494 e. The quantitative estimate of drug-likeness (QED) is 0.110. The second kappa shape index (κ2) is 12.9. The number of ether oxygens (including phenoxy) is 3. The Bertz CT molecular complexity index is 1720. The lowest BCUT2D eigenvalue weighted by Gasteiger charge is -2.34. The number of aromatic nitrogens is 3.